The summed E-state index contributed by atoms with van der Waals surface area (Å²) in [7, 11) is 2.02. The molecule has 1 fully saturated rings. The summed E-state index contributed by atoms with van der Waals surface area (Å²) in [5, 5.41) is 11.8. The van der Waals surface area contributed by atoms with Crippen molar-refractivity contribution in [3.05, 3.63) is 0 Å². The number of carbonyl (C=O) groups is 1. The standard InChI is InChI=1S/C8H16N2O2/c1-6-4-10(2)5-7(9-6)3-8(11)12/h6-7,9H,3-5H2,1-2H3,(H,11,12). The Morgan fingerprint density at radius 1 is 1.67 bits per heavy atom. The van der Waals surface area contributed by atoms with Crippen molar-refractivity contribution in [1.29, 1.82) is 0 Å². The summed E-state index contributed by atoms with van der Waals surface area (Å²) in [5.74, 6) is -0.727. The zero-order chi connectivity index (χ0) is 9.14. The second-order valence-electron chi connectivity index (χ2n) is 3.58. The van der Waals surface area contributed by atoms with Crippen LogP contribution in [-0.2, 0) is 4.79 Å². The Morgan fingerprint density at radius 3 is 2.83 bits per heavy atom. The summed E-state index contributed by atoms with van der Waals surface area (Å²) in [4.78, 5) is 12.6. The molecule has 4 heteroatoms. The summed E-state index contributed by atoms with van der Waals surface area (Å²) in [6.45, 7) is 3.90. The molecule has 0 aromatic carbocycles. The maximum Gasteiger partial charge on any atom is 0.304 e. The smallest absolute Gasteiger partial charge is 0.304 e. The molecule has 0 aromatic rings. The van der Waals surface area contributed by atoms with Gasteiger partial charge >= 0.3 is 5.97 Å². The van der Waals surface area contributed by atoms with Crippen molar-refractivity contribution in [3.8, 4) is 0 Å². The van der Waals surface area contributed by atoms with Gasteiger partial charge in [0.15, 0.2) is 0 Å². The lowest BCUT2D eigenvalue weighted by atomic mass is 10.1. The quantitative estimate of drug-likeness (QED) is 0.603. The van der Waals surface area contributed by atoms with Gasteiger partial charge in [-0.2, -0.15) is 0 Å². The highest BCUT2D eigenvalue weighted by Gasteiger charge is 2.22. The number of nitrogens with one attached hydrogen (secondary N) is 1. The molecule has 2 atom stereocenters. The van der Waals surface area contributed by atoms with E-state index in [0.717, 1.165) is 13.1 Å². The second kappa shape index (κ2) is 3.87. The predicted octanol–water partition coefficient (Wildman–Crippen LogP) is -0.247. The van der Waals surface area contributed by atoms with Crippen LogP contribution < -0.4 is 5.32 Å². The number of likely N-dealkylation sites (N-methyl/N-ethyl adjacent to an activating group) is 1. The van der Waals surface area contributed by atoms with Crippen LogP contribution in [0.5, 0.6) is 0 Å². The summed E-state index contributed by atoms with van der Waals surface area (Å²) < 4.78 is 0. The van der Waals surface area contributed by atoms with Gasteiger partial charge in [0.2, 0.25) is 0 Å². The molecule has 1 heterocycles. The van der Waals surface area contributed by atoms with Crippen LogP contribution in [0.25, 0.3) is 0 Å². The molecule has 0 saturated carbocycles. The van der Waals surface area contributed by atoms with Crippen molar-refractivity contribution in [2.24, 2.45) is 0 Å². The van der Waals surface area contributed by atoms with E-state index in [2.05, 4.69) is 17.1 Å². The van der Waals surface area contributed by atoms with E-state index < -0.39 is 5.97 Å². The van der Waals surface area contributed by atoms with Crippen molar-refractivity contribution in [2.75, 3.05) is 20.1 Å². The fourth-order valence-corrected chi connectivity index (χ4v) is 1.76. The number of rotatable bonds is 2. The monoisotopic (exact) mass is 172 g/mol. The topological polar surface area (TPSA) is 52.6 Å². The number of nitrogens with zero attached hydrogens (tertiary/aromatic N) is 1. The minimum atomic E-state index is -0.727. The van der Waals surface area contributed by atoms with Gasteiger partial charge in [-0.05, 0) is 14.0 Å². The zero-order valence-electron chi connectivity index (χ0n) is 7.58. The molecule has 70 valence electrons. The Bertz CT molecular complexity index is 162. The van der Waals surface area contributed by atoms with E-state index in [0.29, 0.717) is 6.04 Å². The summed E-state index contributed by atoms with van der Waals surface area (Å²) in [5.41, 5.74) is 0. The Morgan fingerprint density at radius 2 is 2.33 bits per heavy atom. The number of hydrogen-bond acceptors (Lipinski definition) is 3. The lowest BCUT2D eigenvalue weighted by Crippen LogP contribution is -2.54. The first-order valence-electron chi connectivity index (χ1n) is 4.24. The van der Waals surface area contributed by atoms with Crippen LogP contribution in [0.1, 0.15) is 13.3 Å². The highest BCUT2D eigenvalue weighted by molar-refractivity contribution is 5.67. The maximum atomic E-state index is 10.4. The highest BCUT2D eigenvalue weighted by Crippen LogP contribution is 2.04. The molecule has 0 radical (unpaired) electrons. The van der Waals surface area contributed by atoms with Gasteiger partial charge in [-0.15, -0.1) is 0 Å². The van der Waals surface area contributed by atoms with Crippen LogP contribution in [0.2, 0.25) is 0 Å². The molecule has 0 bridgehead atoms. The molecule has 12 heavy (non-hydrogen) atoms. The molecule has 0 amide bonds. The predicted molar refractivity (Wildman–Crippen MR) is 46.1 cm³/mol. The molecular weight excluding hydrogens is 156 g/mol. The van der Waals surface area contributed by atoms with Crippen LogP contribution in [0.15, 0.2) is 0 Å². The zero-order valence-corrected chi connectivity index (χ0v) is 7.58. The van der Waals surface area contributed by atoms with E-state index in [9.17, 15) is 4.79 Å². The van der Waals surface area contributed by atoms with E-state index in [1.54, 1.807) is 0 Å². The third kappa shape index (κ3) is 2.79. The van der Waals surface area contributed by atoms with Crippen molar-refractivity contribution in [3.63, 3.8) is 0 Å². The van der Waals surface area contributed by atoms with E-state index in [1.165, 1.54) is 0 Å². The van der Waals surface area contributed by atoms with E-state index >= 15 is 0 Å². The molecule has 2 unspecified atom stereocenters. The van der Waals surface area contributed by atoms with Crippen LogP contribution in [0.4, 0.5) is 0 Å². The van der Waals surface area contributed by atoms with Crippen LogP contribution in [0, 0.1) is 0 Å². The molecule has 0 aromatic heterocycles. The van der Waals surface area contributed by atoms with Crippen molar-refractivity contribution in [1.82, 2.24) is 10.2 Å². The first-order chi connectivity index (χ1) is 5.58. The molecule has 1 aliphatic heterocycles. The normalized spacial score (nSPS) is 31.8. The number of aliphatic carboxylic acids is 1. The first kappa shape index (κ1) is 9.48. The van der Waals surface area contributed by atoms with Gasteiger partial charge in [0, 0.05) is 25.2 Å². The lowest BCUT2D eigenvalue weighted by molar-refractivity contribution is -0.137. The molecule has 0 aliphatic carbocycles. The van der Waals surface area contributed by atoms with Gasteiger partial charge < -0.3 is 15.3 Å². The van der Waals surface area contributed by atoms with E-state index in [-0.39, 0.29) is 12.5 Å². The van der Waals surface area contributed by atoms with E-state index in [1.807, 2.05) is 7.05 Å². The Hall–Kier alpha value is -0.610. The Kier molecular flexibility index (Phi) is 3.05. The largest absolute Gasteiger partial charge is 0.481 e. The van der Waals surface area contributed by atoms with Gasteiger partial charge in [0.25, 0.3) is 0 Å². The molecule has 1 aliphatic rings. The Balaban J connectivity index is 2.38. The first-order valence-corrected chi connectivity index (χ1v) is 4.24. The molecule has 4 nitrogen and oxygen atoms in total. The molecule has 1 rings (SSSR count). The SMILES string of the molecule is CC1CN(C)CC(CC(=O)O)N1. The summed E-state index contributed by atoms with van der Waals surface area (Å²) in [6.07, 6.45) is 0.217. The van der Waals surface area contributed by atoms with Crippen molar-refractivity contribution >= 4 is 5.97 Å². The van der Waals surface area contributed by atoms with Gasteiger partial charge in [-0.1, -0.05) is 0 Å². The van der Waals surface area contributed by atoms with Gasteiger partial charge in [0.05, 0.1) is 6.42 Å². The molecular formula is C8H16N2O2. The van der Waals surface area contributed by atoms with Gasteiger partial charge in [-0.25, -0.2) is 0 Å². The number of hydrogen-bond donors (Lipinski definition) is 2. The fraction of sp³-hybridized carbons (Fsp3) is 0.875. The third-order valence-corrected chi connectivity index (χ3v) is 2.06. The lowest BCUT2D eigenvalue weighted by Gasteiger charge is -2.34. The second-order valence-corrected chi connectivity index (χ2v) is 3.58. The average Bonchev–Trinajstić information content (AvgIpc) is 1.81. The molecule has 0 spiro atoms. The molecule has 2 N–H and O–H groups in total. The third-order valence-electron chi connectivity index (χ3n) is 2.06. The number of piperazine rings is 1. The summed E-state index contributed by atoms with van der Waals surface area (Å²) in [6, 6.07) is 0.504. The van der Waals surface area contributed by atoms with Crippen LogP contribution >= 0.6 is 0 Å². The van der Waals surface area contributed by atoms with Crippen molar-refractivity contribution in [2.45, 2.75) is 25.4 Å². The highest BCUT2D eigenvalue weighted by atomic mass is 16.4. The number of carboxylic acid groups (broad SMARTS) is 1. The van der Waals surface area contributed by atoms with Crippen LogP contribution in [-0.4, -0.2) is 48.2 Å². The van der Waals surface area contributed by atoms with Gasteiger partial charge in [0.1, 0.15) is 0 Å². The summed E-state index contributed by atoms with van der Waals surface area (Å²) >= 11 is 0. The minimum Gasteiger partial charge on any atom is -0.481 e. The minimum absolute atomic E-state index is 0.108. The molecule has 1 saturated heterocycles. The fourth-order valence-electron chi connectivity index (χ4n) is 1.76. The Labute approximate surface area is 72.6 Å². The van der Waals surface area contributed by atoms with Gasteiger partial charge in [-0.3, -0.25) is 4.79 Å². The maximum absolute atomic E-state index is 10.4. The van der Waals surface area contributed by atoms with E-state index in [4.69, 9.17) is 5.11 Å². The van der Waals surface area contributed by atoms with Crippen LogP contribution in [0.3, 0.4) is 0 Å². The number of carboxylic acids is 1. The average molecular weight is 172 g/mol. The van der Waals surface area contributed by atoms with Crippen molar-refractivity contribution < 1.29 is 9.90 Å².